The van der Waals surface area contributed by atoms with Crippen LogP contribution in [0, 0.1) is 0 Å². The van der Waals surface area contributed by atoms with Crippen molar-refractivity contribution in [3.63, 3.8) is 0 Å². The predicted molar refractivity (Wildman–Crippen MR) is 90.7 cm³/mol. The number of halogens is 1. The summed E-state index contributed by atoms with van der Waals surface area (Å²) in [7, 11) is 0. The summed E-state index contributed by atoms with van der Waals surface area (Å²) < 4.78 is 0. The molecule has 2 N–H and O–H groups in total. The van der Waals surface area contributed by atoms with Gasteiger partial charge in [0.1, 0.15) is 5.69 Å². The van der Waals surface area contributed by atoms with E-state index in [0.717, 1.165) is 11.1 Å². The minimum atomic E-state index is -0.234. The van der Waals surface area contributed by atoms with Gasteiger partial charge in [-0.15, -0.1) is 10.2 Å². The van der Waals surface area contributed by atoms with Gasteiger partial charge in [-0.1, -0.05) is 54.1 Å². The van der Waals surface area contributed by atoms with Crippen molar-refractivity contribution < 1.29 is 0 Å². The summed E-state index contributed by atoms with van der Waals surface area (Å²) in [4.78, 5) is 14.8. The highest BCUT2D eigenvalue weighted by Crippen LogP contribution is 2.10. The fourth-order valence-corrected chi connectivity index (χ4v) is 2.26. The molecule has 0 saturated heterocycles. The van der Waals surface area contributed by atoms with Gasteiger partial charge in [-0.05, 0) is 23.3 Å². The molecule has 23 heavy (non-hydrogen) atoms. The first-order valence-corrected chi connectivity index (χ1v) is 7.56. The van der Waals surface area contributed by atoms with Crippen LogP contribution < -0.4 is 10.9 Å². The van der Waals surface area contributed by atoms with Crippen molar-refractivity contribution in [2.75, 3.05) is 5.32 Å². The third-order valence-corrected chi connectivity index (χ3v) is 3.60. The fraction of sp³-hybridized carbons (Fsp3) is 0.118. The second kappa shape index (κ2) is 7.07. The molecule has 0 aliphatic rings. The van der Waals surface area contributed by atoms with Crippen molar-refractivity contribution in [3.8, 4) is 0 Å². The molecule has 0 unspecified atom stereocenters. The van der Waals surface area contributed by atoms with E-state index in [1.807, 2.05) is 54.6 Å². The lowest BCUT2D eigenvalue weighted by atomic mass is 10.1. The van der Waals surface area contributed by atoms with Gasteiger partial charge in [0.15, 0.2) is 0 Å². The monoisotopic (exact) mass is 326 g/mol. The van der Waals surface area contributed by atoms with Gasteiger partial charge in [0.05, 0.1) is 0 Å². The summed E-state index contributed by atoms with van der Waals surface area (Å²) in [6.07, 6.45) is 0.459. The van der Waals surface area contributed by atoms with Crippen molar-refractivity contribution in [1.29, 1.82) is 0 Å². The molecule has 0 atom stereocenters. The van der Waals surface area contributed by atoms with Gasteiger partial charge in [-0.2, -0.15) is 0 Å². The second-order valence-electron chi connectivity index (χ2n) is 5.09. The Kier molecular flexibility index (Phi) is 4.68. The molecule has 0 spiro atoms. The molecular formula is C17H15ClN4O. The molecule has 1 heterocycles. The summed E-state index contributed by atoms with van der Waals surface area (Å²) >= 11 is 5.84. The second-order valence-corrected chi connectivity index (χ2v) is 5.53. The van der Waals surface area contributed by atoms with Crippen molar-refractivity contribution in [1.82, 2.24) is 15.2 Å². The van der Waals surface area contributed by atoms with Gasteiger partial charge in [0.25, 0.3) is 5.56 Å². The Morgan fingerprint density at radius 3 is 2.39 bits per heavy atom. The highest BCUT2D eigenvalue weighted by molar-refractivity contribution is 6.30. The zero-order chi connectivity index (χ0) is 16.1. The Labute approximate surface area is 138 Å². The van der Waals surface area contributed by atoms with Crippen molar-refractivity contribution >= 4 is 17.5 Å². The van der Waals surface area contributed by atoms with Crippen molar-refractivity contribution in [2.45, 2.75) is 13.0 Å². The molecule has 6 heteroatoms. The van der Waals surface area contributed by atoms with Crippen LogP contribution in [0.15, 0.2) is 59.4 Å². The maximum Gasteiger partial charge on any atom is 0.274 e. The van der Waals surface area contributed by atoms with Crippen LogP contribution in [-0.2, 0) is 13.0 Å². The minimum absolute atomic E-state index is 0.234. The lowest BCUT2D eigenvalue weighted by Gasteiger charge is -2.06. The smallest absolute Gasteiger partial charge is 0.274 e. The molecule has 1 aromatic heterocycles. The highest BCUT2D eigenvalue weighted by Gasteiger charge is 2.06. The Balaban J connectivity index is 1.67. The molecular weight excluding hydrogens is 312 g/mol. The van der Waals surface area contributed by atoms with Crippen molar-refractivity contribution in [3.05, 3.63) is 86.8 Å². The molecule has 0 bridgehead atoms. The number of nitrogens with zero attached hydrogens (tertiary/aromatic N) is 2. The highest BCUT2D eigenvalue weighted by atomic mass is 35.5. The Bertz CT molecular complexity index is 831. The fourth-order valence-electron chi connectivity index (χ4n) is 2.13. The summed E-state index contributed by atoms with van der Waals surface area (Å²) in [5.74, 6) is 0.349. The normalized spacial score (nSPS) is 10.5. The summed E-state index contributed by atoms with van der Waals surface area (Å²) in [6.45, 7) is 0.528. The van der Waals surface area contributed by atoms with Gasteiger partial charge in [0.2, 0.25) is 5.95 Å². The van der Waals surface area contributed by atoms with Gasteiger partial charge in [-0.25, -0.2) is 0 Å². The average molecular weight is 327 g/mol. The van der Waals surface area contributed by atoms with Crippen LogP contribution in [0.2, 0.25) is 5.02 Å². The molecule has 0 fully saturated rings. The Morgan fingerprint density at radius 2 is 1.70 bits per heavy atom. The quantitative estimate of drug-likeness (QED) is 0.756. The summed E-state index contributed by atoms with van der Waals surface area (Å²) in [5, 5.41) is 11.8. The molecule has 116 valence electrons. The first-order chi connectivity index (χ1) is 11.2. The Hall–Kier alpha value is -2.66. The van der Waals surface area contributed by atoms with Crippen LogP contribution in [0.5, 0.6) is 0 Å². The molecule has 2 aromatic carbocycles. The summed E-state index contributed by atoms with van der Waals surface area (Å²) in [5.41, 5.74) is 2.22. The van der Waals surface area contributed by atoms with E-state index in [1.54, 1.807) is 0 Å². The number of nitrogens with one attached hydrogen (secondary N) is 2. The molecule has 3 aromatic rings. The first-order valence-electron chi connectivity index (χ1n) is 7.19. The Morgan fingerprint density at radius 1 is 0.957 bits per heavy atom. The van der Waals surface area contributed by atoms with E-state index >= 15 is 0 Å². The van der Waals surface area contributed by atoms with Crippen LogP contribution >= 0.6 is 11.6 Å². The van der Waals surface area contributed by atoms with Crippen LogP contribution in [0.25, 0.3) is 0 Å². The number of aromatic nitrogens is 3. The van der Waals surface area contributed by atoms with Crippen LogP contribution in [0.3, 0.4) is 0 Å². The number of benzene rings is 2. The van der Waals surface area contributed by atoms with Crippen LogP contribution in [-0.4, -0.2) is 15.2 Å². The standard InChI is InChI=1S/C17H15ClN4O/c18-14-8-6-13(7-9-14)11-19-17-20-16(23)15(21-22-17)10-12-4-2-1-3-5-12/h1-9H,10-11H2,(H2,19,20,22,23). The number of hydrogen-bond acceptors (Lipinski definition) is 4. The van der Waals surface area contributed by atoms with E-state index in [2.05, 4.69) is 20.5 Å². The number of H-pyrrole nitrogens is 1. The SMILES string of the molecule is O=c1[nH]c(NCc2ccc(Cl)cc2)nnc1Cc1ccccc1. The van der Waals surface area contributed by atoms with E-state index in [4.69, 9.17) is 11.6 Å². The van der Waals surface area contributed by atoms with E-state index in [0.29, 0.717) is 29.6 Å². The molecule has 0 aliphatic heterocycles. The number of hydrogen-bond donors (Lipinski definition) is 2. The van der Waals surface area contributed by atoms with Crippen LogP contribution in [0.4, 0.5) is 5.95 Å². The first kappa shape index (κ1) is 15.2. The van der Waals surface area contributed by atoms with Gasteiger partial charge < -0.3 is 5.32 Å². The lowest BCUT2D eigenvalue weighted by molar-refractivity contribution is 0.859. The van der Waals surface area contributed by atoms with E-state index in [1.165, 1.54) is 0 Å². The molecule has 0 aliphatic carbocycles. The maximum absolute atomic E-state index is 12.1. The van der Waals surface area contributed by atoms with E-state index < -0.39 is 0 Å². The van der Waals surface area contributed by atoms with E-state index in [9.17, 15) is 4.79 Å². The zero-order valence-electron chi connectivity index (χ0n) is 12.3. The number of rotatable bonds is 5. The lowest BCUT2D eigenvalue weighted by Crippen LogP contribution is -2.19. The number of aromatic amines is 1. The van der Waals surface area contributed by atoms with Gasteiger partial charge in [-0.3, -0.25) is 9.78 Å². The molecule has 0 radical (unpaired) electrons. The van der Waals surface area contributed by atoms with Crippen molar-refractivity contribution in [2.24, 2.45) is 0 Å². The minimum Gasteiger partial charge on any atom is -0.350 e. The predicted octanol–water partition coefficient (Wildman–Crippen LogP) is 3.02. The largest absolute Gasteiger partial charge is 0.350 e. The van der Waals surface area contributed by atoms with Crippen LogP contribution in [0.1, 0.15) is 16.8 Å². The topological polar surface area (TPSA) is 70.7 Å². The zero-order valence-corrected chi connectivity index (χ0v) is 13.0. The average Bonchev–Trinajstić information content (AvgIpc) is 2.57. The molecule has 3 rings (SSSR count). The molecule has 5 nitrogen and oxygen atoms in total. The molecule has 0 saturated carbocycles. The van der Waals surface area contributed by atoms with Gasteiger partial charge in [0, 0.05) is 18.0 Å². The third kappa shape index (κ3) is 4.17. The van der Waals surface area contributed by atoms with Gasteiger partial charge >= 0.3 is 0 Å². The molecule has 0 amide bonds. The maximum atomic E-state index is 12.1. The van der Waals surface area contributed by atoms with E-state index in [-0.39, 0.29) is 5.56 Å². The summed E-state index contributed by atoms with van der Waals surface area (Å²) in [6, 6.07) is 17.1. The number of anilines is 1. The third-order valence-electron chi connectivity index (χ3n) is 3.35.